The number of nitrogens with zero attached hydrogens (tertiary/aromatic N) is 3. The lowest BCUT2D eigenvalue weighted by atomic mass is 9.94. The first kappa shape index (κ1) is 18.2. The first-order valence-corrected chi connectivity index (χ1v) is 9.79. The molecule has 2 atom stereocenters. The Kier molecular flexibility index (Phi) is 6.29. The molecule has 5 heteroatoms. The number of hydrogen-bond acceptors (Lipinski definition) is 3. The van der Waals surface area contributed by atoms with Gasteiger partial charge in [0.25, 0.3) is 0 Å². The number of amides is 2. The van der Waals surface area contributed by atoms with E-state index in [1.807, 2.05) is 24.0 Å². The summed E-state index contributed by atoms with van der Waals surface area (Å²) in [6.07, 6.45) is 8.55. The molecule has 1 N–H and O–H groups in total. The number of likely N-dealkylation sites (tertiary alicyclic amines) is 2. The molecule has 0 aromatic carbocycles. The van der Waals surface area contributed by atoms with Gasteiger partial charge in [0.05, 0.1) is 6.04 Å². The van der Waals surface area contributed by atoms with Gasteiger partial charge in [-0.05, 0) is 75.2 Å². The lowest BCUT2D eigenvalue weighted by molar-refractivity contribution is 0.119. The summed E-state index contributed by atoms with van der Waals surface area (Å²) >= 11 is 0. The van der Waals surface area contributed by atoms with E-state index in [4.69, 9.17) is 0 Å². The van der Waals surface area contributed by atoms with Crippen LogP contribution in [0.4, 0.5) is 4.79 Å². The molecule has 2 amide bonds. The molecule has 3 rings (SSSR count). The van der Waals surface area contributed by atoms with Crippen LogP contribution in [0.1, 0.15) is 51.1 Å². The van der Waals surface area contributed by atoms with Gasteiger partial charge in [-0.3, -0.25) is 4.98 Å². The molecule has 0 bridgehead atoms. The van der Waals surface area contributed by atoms with E-state index in [9.17, 15) is 4.79 Å². The summed E-state index contributed by atoms with van der Waals surface area (Å²) in [7, 11) is 0. The maximum absolute atomic E-state index is 12.6. The second kappa shape index (κ2) is 8.65. The quantitative estimate of drug-likeness (QED) is 0.912. The van der Waals surface area contributed by atoms with Gasteiger partial charge in [0.1, 0.15) is 0 Å². The van der Waals surface area contributed by atoms with Crippen LogP contribution in [0.25, 0.3) is 0 Å². The first-order valence-electron chi connectivity index (χ1n) is 9.79. The van der Waals surface area contributed by atoms with Crippen molar-refractivity contribution in [2.75, 3.05) is 32.7 Å². The highest BCUT2D eigenvalue weighted by Crippen LogP contribution is 2.22. The molecule has 0 spiro atoms. The Morgan fingerprint density at radius 3 is 2.68 bits per heavy atom. The smallest absolute Gasteiger partial charge is 0.317 e. The van der Waals surface area contributed by atoms with E-state index in [-0.39, 0.29) is 12.1 Å². The maximum atomic E-state index is 12.6. The van der Waals surface area contributed by atoms with Gasteiger partial charge in [0.2, 0.25) is 0 Å². The summed E-state index contributed by atoms with van der Waals surface area (Å²) < 4.78 is 0. The molecule has 1 aromatic rings. The molecule has 2 fully saturated rings. The Hall–Kier alpha value is -1.62. The van der Waals surface area contributed by atoms with Gasteiger partial charge < -0.3 is 15.1 Å². The average molecular weight is 345 g/mol. The van der Waals surface area contributed by atoms with E-state index in [0.717, 1.165) is 37.5 Å². The molecule has 25 heavy (non-hydrogen) atoms. The summed E-state index contributed by atoms with van der Waals surface area (Å²) in [5.74, 6) is 1.49. The third kappa shape index (κ3) is 5.18. The predicted octanol–water partition coefficient (Wildman–Crippen LogP) is 3.30. The van der Waals surface area contributed by atoms with E-state index in [1.54, 1.807) is 12.4 Å². The van der Waals surface area contributed by atoms with Crippen LogP contribution >= 0.6 is 0 Å². The second-order valence-corrected chi connectivity index (χ2v) is 7.89. The first-order chi connectivity index (χ1) is 12.1. The summed E-state index contributed by atoms with van der Waals surface area (Å²) in [4.78, 5) is 21.3. The van der Waals surface area contributed by atoms with Gasteiger partial charge >= 0.3 is 6.03 Å². The minimum absolute atomic E-state index is 0.0134. The number of rotatable bonds is 4. The van der Waals surface area contributed by atoms with Gasteiger partial charge in [-0.1, -0.05) is 6.92 Å². The van der Waals surface area contributed by atoms with E-state index < -0.39 is 0 Å². The zero-order chi connectivity index (χ0) is 17.6. The number of urea groups is 1. The number of aromatic nitrogens is 1. The standard InChI is InChI=1S/C20H32N4O/c1-16-7-12-23(13-8-16)14-18-4-3-11-24(15-18)20(25)22-17(2)19-5-9-21-10-6-19/h5-6,9-10,16-18H,3-4,7-8,11-15H2,1-2H3,(H,22,25)/t17-,18-/m1/s1. The Morgan fingerprint density at radius 1 is 1.24 bits per heavy atom. The van der Waals surface area contributed by atoms with Crippen LogP contribution in [-0.2, 0) is 0 Å². The minimum atomic E-state index is 0.0134. The number of piperidine rings is 2. The van der Waals surface area contributed by atoms with E-state index in [0.29, 0.717) is 5.92 Å². The number of pyridine rings is 1. The van der Waals surface area contributed by atoms with E-state index in [1.165, 1.54) is 32.4 Å². The lowest BCUT2D eigenvalue weighted by Gasteiger charge is -2.38. The van der Waals surface area contributed by atoms with Gasteiger partial charge in [0.15, 0.2) is 0 Å². The molecule has 138 valence electrons. The molecule has 2 aliphatic heterocycles. The topological polar surface area (TPSA) is 48.5 Å². The largest absolute Gasteiger partial charge is 0.331 e. The fourth-order valence-corrected chi connectivity index (χ4v) is 4.02. The number of carbonyl (C=O) groups excluding carboxylic acids is 1. The molecule has 0 unspecified atom stereocenters. The molecule has 0 aliphatic carbocycles. The van der Waals surface area contributed by atoms with Crippen LogP contribution in [0, 0.1) is 11.8 Å². The van der Waals surface area contributed by atoms with Crippen molar-refractivity contribution in [1.29, 1.82) is 0 Å². The molecular formula is C20H32N4O. The van der Waals surface area contributed by atoms with Crippen molar-refractivity contribution in [3.63, 3.8) is 0 Å². The molecule has 2 saturated heterocycles. The van der Waals surface area contributed by atoms with Crippen molar-refractivity contribution in [1.82, 2.24) is 20.1 Å². The van der Waals surface area contributed by atoms with Crippen LogP contribution in [-0.4, -0.2) is 53.5 Å². The van der Waals surface area contributed by atoms with E-state index in [2.05, 4.69) is 22.1 Å². The van der Waals surface area contributed by atoms with Crippen molar-refractivity contribution < 1.29 is 4.79 Å². The van der Waals surface area contributed by atoms with Crippen LogP contribution in [0.3, 0.4) is 0 Å². The lowest BCUT2D eigenvalue weighted by Crippen LogP contribution is -2.48. The minimum Gasteiger partial charge on any atom is -0.331 e. The van der Waals surface area contributed by atoms with Crippen LogP contribution in [0.2, 0.25) is 0 Å². The number of carbonyl (C=O) groups is 1. The summed E-state index contributed by atoms with van der Waals surface area (Å²) in [5, 5.41) is 3.14. The SMILES string of the molecule is CC1CCN(C[C@H]2CCCN(C(=O)N[C@H](C)c3ccncc3)C2)CC1. The highest BCUT2D eigenvalue weighted by molar-refractivity contribution is 5.74. The van der Waals surface area contributed by atoms with Gasteiger partial charge in [-0.15, -0.1) is 0 Å². The average Bonchev–Trinajstić information content (AvgIpc) is 2.64. The van der Waals surface area contributed by atoms with Gasteiger partial charge in [-0.25, -0.2) is 4.79 Å². The maximum Gasteiger partial charge on any atom is 0.317 e. The normalized spacial score (nSPS) is 24.1. The Bertz CT molecular complexity index is 542. The van der Waals surface area contributed by atoms with E-state index >= 15 is 0 Å². The van der Waals surface area contributed by atoms with Crippen molar-refractivity contribution >= 4 is 6.03 Å². The highest BCUT2D eigenvalue weighted by atomic mass is 16.2. The summed E-state index contributed by atoms with van der Waals surface area (Å²) in [6.45, 7) is 9.75. The van der Waals surface area contributed by atoms with Crippen molar-refractivity contribution in [2.45, 2.75) is 45.6 Å². The molecular weight excluding hydrogens is 312 g/mol. The zero-order valence-electron chi connectivity index (χ0n) is 15.7. The monoisotopic (exact) mass is 344 g/mol. The molecule has 1 aromatic heterocycles. The zero-order valence-corrected chi connectivity index (χ0v) is 15.7. The van der Waals surface area contributed by atoms with Crippen LogP contribution in [0.5, 0.6) is 0 Å². The molecule has 3 heterocycles. The van der Waals surface area contributed by atoms with Crippen LogP contribution < -0.4 is 5.32 Å². The number of hydrogen-bond donors (Lipinski definition) is 1. The van der Waals surface area contributed by atoms with Crippen molar-refractivity contribution in [3.05, 3.63) is 30.1 Å². The highest BCUT2D eigenvalue weighted by Gasteiger charge is 2.27. The molecule has 2 aliphatic rings. The van der Waals surface area contributed by atoms with Gasteiger partial charge in [-0.2, -0.15) is 0 Å². The molecule has 0 radical (unpaired) electrons. The van der Waals surface area contributed by atoms with Crippen molar-refractivity contribution in [3.8, 4) is 0 Å². The second-order valence-electron chi connectivity index (χ2n) is 7.89. The Morgan fingerprint density at radius 2 is 1.96 bits per heavy atom. The van der Waals surface area contributed by atoms with Gasteiger partial charge in [0, 0.05) is 32.0 Å². The Balaban J connectivity index is 1.48. The van der Waals surface area contributed by atoms with Crippen molar-refractivity contribution in [2.24, 2.45) is 11.8 Å². The summed E-state index contributed by atoms with van der Waals surface area (Å²) in [5.41, 5.74) is 1.10. The third-order valence-electron chi connectivity index (χ3n) is 5.74. The Labute approximate surface area is 151 Å². The predicted molar refractivity (Wildman–Crippen MR) is 100 cm³/mol. The fraction of sp³-hybridized carbons (Fsp3) is 0.700. The molecule has 5 nitrogen and oxygen atoms in total. The van der Waals surface area contributed by atoms with Crippen LogP contribution in [0.15, 0.2) is 24.5 Å². The summed E-state index contributed by atoms with van der Waals surface area (Å²) in [6, 6.07) is 4.00. The number of nitrogens with one attached hydrogen (secondary N) is 1. The molecule has 0 saturated carbocycles. The fourth-order valence-electron chi connectivity index (χ4n) is 4.02. The third-order valence-corrected chi connectivity index (χ3v) is 5.74.